The third-order valence-corrected chi connectivity index (χ3v) is 6.91. The molecule has 32 heavy (non-hydrogen) atoms. The van der Waals surface area contributed by atoms with E-state index in [0.29, 0.717) is 38.3 Å². The van der Waals surface area contributed by atoms with Gasteiger partial charge in [0.25, 0.3) is 5.91 Å². The summed E-state index contributed by atoms with van der Waals surface area (Å²) in [7, 11) is 0. The summed E-state index contributed by atoms with van der Waals surface area (Å²) in [4.78, 5) is 53.0. The average molecular weight is 441 g/mol. The van der Waals surface area contributed by atoms with Crippen LogP contribution in [0.25, 0.3) is 0 Å². The van der Waals surface area contributed by atoms with Crippen molar-refractivity contribution in [3.8, 4) is 0 Å². The second-order valence-corrected chi connectivity index (χ2v) is 9.48. The Hall–Kier alpha value is -2.90. The molecule has 2 N–H and O–H groups in total. The summed E-state index contributed by atoms with van der Waals surface area (Å²) in [6, 6.07) is 7.57. The van der Waals surface area contributed by atoms with Gasteiger partial charge >= 0.3 is 6.03 Å². The van der Waals surface area contributed by atoms with E-state index in [2.05, 4.69) is 24.5 Å². The maximum absolute atomic E-state index is 12.7. The van der Waals surface area contributed by atoms with Gasteiger partial charge in [0, 0.05) is 31.7 Å². The summed E-state index contributed by atoms with van der Waals surface area (Å²) in [6.45, 7) is 5.21. The van der Waals surface area contributed by atoms with Crippen LogP contribution in [0.1, 0.15) is 63.9 Å². The van der Waals surface area contributed by atoms with E-state index in [1.165, 1.54) is 4.90 Å². The first-order valence-corrected chi connectivity index (χ1v) is 11.6. The van der Waals surface area contributed by atoms with E-state index in [1.54, 1.807) is 4.90 Å². The normalized spacial score (nSPS) is 22.3. The summed E-state index contributed by atoms with van der Waals surface area (Å²) in [5.74, 6) is -0.381. The molecular weight excluding hydrogens is 408 g/mol. The van der Waals surface area contributed by atoms with E-state index in [9.17, 15) is 19.2 Å². The van der Waals surface area contributed by atoms with Crippen molar-refractivity contribution in [3.05, 3.63) is 29.8 Å². The lowest BCUT2D eigenvalue weighted by atomic mass is 9.98. The highest BCUT2D eigenvalue weighted by molar-refractivity contribution is 6.07. The molecule has 1 spiro atoms. The van der Waals surface area contributed by atoms with Crippen LogP contribution >= 0.6 is 0 Å². The van der Waals surface area contributed by atoms with Gasteiger partial charge in [0.05, 0.1) is 5.92 Å². The van der Waals surface area contributed by atoms with Crippen molar-refractivity contribution in [2.45, 2.75) is 63.8 Å². The molecule has 1 aliphatic carbocycles. The third kappa shape index (κ3) is 4.23. The van der Waals surface area contributed by atoms with Crippen molar-refractivity contribution in [1.82, 2.24) is 15.5 Å². The maximum Gasteiger partial charge on any atom is 0.325 e. The first kappa shape index (κ1) is 22.3. The topological polar surface area (TPSA) is 98.8 Å². The molecular formula is C24H32N4O4. The Balaban J connectivity index is 1.25. The standard InChI is InChI=1S/C24H32N4O4/c1-16(2)17-7-5-8-19(13-17)28-15-18(14-20(28)29)21(30)25-11-6-12-27-22(31)24(26-23(27)32)9-3-4-10-24/h5,7-8,13,16,18H,3-4,6,9-12,14-15H2,1-2H3,(H,25,30)(H,26,32)/t18-/m0/s1. The van der Waals surface area contributed by atoms with Gasteiger partial charge in [-0.05, 0) is 42.9 Å². The molecule has 5 amide bonds. The summed E-state index contributed by atoms with van der Waals surface area (Å²) in [6.07, 6.45) is 3.99. The van der Waals surface area contributed by atoms with Crippen LogP contribution in [0.3, 0.4) is 0 Å². The van der Waals surface area contributed by atoms with Gasteiger partial charge in [0.1, 0.15) is 5.54 Å². The lowest BCUT2D eigenvalue weighted by molar-refractivity contribution is -0.131. The summed E-state index contributed by atoms with van der Waals surface area (Å²) >= 11 is 0. The zero-order chi connectivity index (χ0) is 22.9. The SMILES string of the molecule is CC(C)c1cccc(N2C[C@@H](C(=O)NCCCN3C(=O)NC4(CCCC4)C3=O)CC2=O)c1. The van der Waals surface area contributed by atoms with Crippen LogP contribution in [-0.4, -0.2) is 53.8 Å². The number of carbonyl (C=O) groups is 4. The molecule has 4 rings (SSSR count). The van der Waals surface area contributed by atoms with Crippen LogP contribution in [0.5, 0.6) is 0 Å². The molecule has 2 saturated heterocycles. The highest BCUT2D eigenvalue weighted by atomic mass is 16.2. The molecule has 3 fully saturated rings. The molecule has 1 atom stereocenters. The van der Waals surface area contributed by atoms with Gasteiger partial charge in [-0.3, -0.25) is 19.3 Å². The molecule has 8 nitrogen and oxygen atoms in total. The minimum Gasteiger partial charge on any atom is -0.356 e. The van der Waals surface area contributed by atoms with Crippen molar-refractivity contribution in [2.24, 2.45) is 5.92 Å². The summed E-state index contributed by atoms with van der Waals surface area (Å²) < 4.78 is 0. The number of nitrogens with zero attached hydrogens (tertiary/aromatic N) is 2. The minimum absolute atomic E-state index is 0.0488. The molecule has 0 radical (unpaired) electrons. The first-order valence-electron chi connectivity index (χ1n) is 11.6. The number of nitrogens with one attached hydrogen (secondary N) is 2. The van der Waals surface area contributed by atoms with E-state index >= 15 is 0 Å². The van der Waals surface area contributed by atoms with E-state index in [0.717, 1.165) is 24.1 Å². The van der Waals surface area contributed by atoms with Crippen molar-refractivity contribution < 1.29 is 19.2 Å². The Morgan fingerprint density at radius 1 is 1.22 bits per heavy atom. The lowest BCUT2D eigenvalue weighted by Crippen LogP contribution is -2.44. The second-order valence-electron chi connectivity index (χ2n) is 9.48. The number of rotatable bonds is 7. The minimum atomic E-state index is -0.694. The van der Waals surface area contributed by atoms with Gasteiger partial charge in [-0.1, -0.05) is 38.8 Å². The van der Waals surface area contributed by atoms with Crippen LogP contribution in [0.4, 0.5) is 10.5 Å². The lowest BCUT2D eigenvalue weighted by Gasteiger charge is -2.20. The number of anilines is 1. The molecule has 1 aromatic carbocycles. The number of amides is 5. The molecule has 0 unspecified atom stereocenters. The Kier molecular flexibility index (Phi) is 6.22. The van der Waals surface area contributed by atoms with Gasteiger partial charge in [-0.2, -0.15) is 0 Å². The molecule has 8 heteroatoms. The Bertz CT molecular complexity index is 922. The predicted molar refractivity (Wildman–Crippen MR) is 120 cm³/mol. The van der Waals surface area contributed by atoms with Crippen molar-refractivity contribution in [2.75, 3.05) is 24.5 Å². The Labute approximate surface area is 188 Å². The van der Waals surface area contributed by atoms with Gasteiger partial charge in [0.15, 0.2) is 0 Å². The summed E-state index contributed by atoms with van der Waals surface area (Å²) in [5, 5.41) is 5.74. The number of imide groups is 1. The molecule has 3 aliphatic rings. The van der Waals surface area contributed by atoms with Crippen molar-refractivity contribution >= 4 is 29.4 Å². The number of benzene rings is 1. The number of hydrogen-bond acceptors (Lipinski definition) is 4. The van der Waals surface area contributed by atoms with E-state index in [-0.39, 0.29) is 36.7 Å². The molecule has 0 aromatic heterocycles. The number of carbonyl (C=O) groups excluding carboxylic acids is 4. The van der Waals surface area contributed by atoms with Crippen molar-refractivity contribution in [1.29, 1.82) is 0 Å². The van der Waals surface area contributed by atoms with E-state index < -0.39 is 11.5 Å². The monoisotopic (exact) mass is 440 g/mol. The van der Waals surface area contributed by atoms with Crippen LogP contribution < -0.4 is 15.5 Å². The van der Waals surface area contributed by atoms with Crippen molar-refractivity contribution in [3.63, 3.8) is 0 Å². The molecule has 2 aliphatic heterocycles. The fourth-order valence-corrected chi connectivity index (χ4v) is 4.97. The molecule has 2 heterocycles. The molecule has 1 saturated carbocycles. The molecule has 172 valence electrons. The highest BCUT2D eigenvalue weighted by Gasteiger charge is 2.52. The molecule has 1 aromatic rings. The Morgan fingerprint density at radius 3 is 2.69 bits per heavy atom. The smallest absolute Gasteiger partial charge is 0.325 e. The van der Waals surface area contributed by atoms with E-state index in [1.807, 2.05) is 24.3 Å². The molecule has 0 bridgehead atoms. The average Bonchev–Trinajstić information content (AvgIpc) is 3.45. The number of urea groups is 1. The van der Waals surface area contributed by atoms with Crippen LogP contribution in [0.15, 0.2) is 24.3 Å². The van der Waals surface area contributed by atoms with Gasteiger partial charge in [-0.25, -0.2) is 4.79 Å². The fraction of sp³-hybridized carbons (Fsp3) is 0.583. The van der Waals surface area contributed by atoms with Crippen LogP contribution in [-0.2, 0) is 14.4 Å². The van der Waals surface area contributed by atoms with Crippen LogP contribution in [0, 0.1) is 5.92 Å². The zero-order valence-corrected chi connectivity index (χ0v) is 18.9. The predicted octanol–water partition coefficient (Wildman–Crippen LogP) is 2.53. The first-order chi connectivity index (χ1) is 15.3. The summed E-state index contributed by atoms with van der Waals surface area (Å²) in [5.41, 5.74) is 1.29. The van der Waals surface area contributed by atoms with Crippen LogP contribution in [0.2, 0.25) is 0 Å². The fourth-order valence-electron chi connectivity index (χ4n) is 4.97. The quantitative estimate of drug-likeness (QED) is 0.503. The van der Waals surface area contributed by atoms with Gasteiger partial charge in [-0.15, -0.1) is 0 Å². The largest absolute Gasteiger partial charge is 0.356 e. The number of hydrogen-bond donors (Lipinski definition) is 2. The Morgan fingerprint density at radius 2 is 1.97 bits per heavy atom. The third-order valence-electron chi connectivity index (χ3n) is 6.91. The van der Waals surface area contributed by atoms with Gasteiger partial charge in [0.2, 0.25) is 11.8 Å². The van der Waals surface area contributed by atoms with E-state index in [4.69, 9.17) is 0 Å². The maximum atomic E-state index is 12.7. The second kappa shape index (κ2) is 8.92. The van der Waals surface area contributed by atoms with Gasteiger partial charge < -0.3 is 15.5 Å². The zero-order valence-electron chi connectivity index (χ0n) is 18.9. The highest BCUT2D eigenvalue weighted by Crippen LogP contribution is 2.35.